The highest BCUT2D eigenvalue weighted by Crippen LogP contribution is 2.23. The van der Waals surface area contributed by atoms with Crippen LogP contribution < -0.4 is 4.74 Å². The van der Waals surface area contributed by atoms with Gasteiger partial charge in [0.05, 0.1) is 10.0 Å². The second-order valence-electron chi connectivity index (χ2n) is 6.23. The van der Waals surface area contributed by atoms with Crippen LogP contribution in [0.25, 0.3) is 6.08 Å². The molecule has 1 heterocycles. The van der Waals surface area contributed by atoms with E-state index in [4.69, 9.17) is 32.8 Å². The average Bonchev–Trinajstić information content (AvgIpc) is 3.05. The molecule has 2 amide bonds. The van der Waals surface area contributed by atoms with E-state index in [1.165, 1.54) is 12.1 Å². The van der Waals surface area contributed by atoms with E-state index in [9.17, 15) is 19.2 Å². The first-order valence-electron chi connectivity index (χ1n) is 8.80. The number of imide groups is 1. The highest BCUT2D eigenvalue weighted by atomic mass is 35.5. The van der Waals surface area contributed by atoms with E-state index in [0.717, 1.165) is 5.56 Å². The number of halogens is 2. The Kier molecular flexibility index (Phi) is 6.87. The number of allylic oxidation sites excluding steroid dienone is 1. The fourth-order valence-corrected chi connectivity index (χ4v) is 2.82. The summed E-state index contributed by atoms with van der Waals surface area (Å²) in [5.74, 6) is -1.84. The number of hydrogen-bond acceptors (Lipinski definition) is 6. The Morgan fingerprint density at radius 1 is 0.967 bits per heavy atom. The van der Waals surface area contributed by atoms with E-state index in [2.05, 4.69) is 0 Å². The topological polar surface area (TPSA) is 90.0 Å². The molecular weight excluding hydrogens is 433 g/mol. The lowest BCUT2D eigenvalue weighted by Gasteiger charge is -2.12. The lowest BCUT2D eigenvalue weighted by Crippen LogP contribution is -2.33. The van der Waals surface area contributed by atoms with Gasteiger partial charge in [-0.15, -0.1) is 5.06 Å². The minimum Gasteiger partial charge on any atom is -0.482 e. The Labute approximate surface area is 181 Å². The lowest BCUT2D eigenvalue weighted by atomic mass is 10.1. The van der Waals surface area contributed by atoms with Gasteiger partial charge >= 0.3 is 5.97 Å². The van der Waals surface area contributed by atoms with Gasteiger partial charge in [0.15, 0.2) is 12.4 Å². The van der Waals surface area contributed by atoms with Crippen LogP contribution in [0, 0.1) is 0 Å². The zero-order chi connectivity index (χ0) is 21.7. The minimum absolute atomic E-state index is 0.0233. The van der Waals surface area contributed by atoms with Crippen LogP contribution in [0.3, 0.4) is 0 Å². The third-order valence-corrected chi connectivity index (χ3v) is 4.81. The molecule has 0 spiro atoms. The van der Waals surface area contributed by atoms with Gasteiger partial charge in [-0.1, -0.05) is 41.4 Å². The van der Waals surface area contributed by atoms with Crippen LogP contribution in [0.4, 0.5) is 0 Å². The van der Waals surface area contributed by atoms with E-state index in [0.29, 0.717) is 26.4 Å². The highest BCUT2D eigenvalue weighted by Gasteiger charge is 2.32. The number of amides is 2. The molecule has 0 saturated carbocycles. The summed E-state index contributed by atoms with van der Waals surface area (Å²) in [7, 11) is 0. The largest absolute Gasteiger partial charge is 0.482 e. The Bertz CT molecular complexity index is 1020. The van der Waals surface area contributed by atoms with Gasteiger partial charge in [0, 0.05) is 18.4 Å². The zero-order valence-electron chi connectivity index (χ0n) is 15.5. The summed E-state index contributed by atoms with van der Waals surface area (Å²) in [6.07, 6.45) is 3.06. The first-order valence-corrected chi connectivity index (χ1v) is 9.56. The fraction of sp³-hybridized carbons (Fsp3) is 0.143. The number of ketones is 1. The van der Waals surface area contributed by atoms with Crippen molar-refractivity contribution in [2.75, 3.05) is 6.61 Å². The van der Waals surface area contributed by atoms with Gasteiger partial charge < -0.3 is 9.57 Å². The van der Waals surface area contributed by atoms with Crippen molar-refractivity contribution < 1.29 is 28.8 Å². The monoisotopic (exact) mass is 447 g/mol. The van der Waals surface area contributed by atoms with Crippen LogP contribution in [0.2, 0.25) is 10.0 Å². The third kappa shape index (κ3) is 5.46. The summed E-state index contributed by atoms with van der Waals surface area (Å²) in [5.41, 5.74) is 1.14. The van der Waals surface area contributed by atoms with Gasteiger partial charge in [-0.25, -0.2) is 4.79 Å². The van der Waals surface area contributed by atoms with Gasteiger partial charge in [0.1, 0.15) is 5.75 Å². The van der Waals surface area contributed by atoms with Gasteiger partial charge in [-0.2, -0.15) is 0 Å². The van der Waals surface area contributed by atoms with Crippen molar-refractivity contribution in [3.05, 3.63) is 69.7 Å². The molecule has 0 atom stereocenters. The van der Waals surface area contributed by atoms with E-state index in [1.807, 2.05) is 0 Å². The van der Waals surface area contributed by atoms with Crippen molar-refractivity contribution in [3.63, 3.8) is 0 Å². The van der Waals surface area contributed by atoms with Crippen molar-refractivity contribution in [1.29, 1.82) is 0 Å². The first-order chi connectivity index (χ1) is 14.3. The SMILES string of the molecule is O=C(COc1ccc(/C=C/C(=O)c2ccc(Cl)c(Cl)c2)cc1)ON1C(=O)CCC1=O. The maximum absolute atomic E-state index is 12.2. The van der Waals surface area contributed by atoms with E-state index < -0.39 is 24.4 Å². The summed E-state index contributed by atoms with van der Waals surface area (Å²) in [6.45, 7) is -0.470. The summed E-state index contributed by atoms with van der Waals surface area (Å²) in [6, 6.07) is 11.2. The normalized spacial score (nSPS) is 13.7. The Balaban J connectivity index is 1.52. The maximum atomic E-state index is 12.2. The number of benzene rings is 2. The molecule has 0 aromatic heterocycles. The van der Waals surface area contributed by atoms with Crippen LogP contribution in [0.5, 0.6) is 5.75 Å². The molecule has 1 fully saturated rings. The molecule has 2 aromatic rings. The number of carbonyl (C=O) groups excluding carboxylic acids is 4. The average molecular weight is 448 g/mol. The molecule has 3 rings (SSSR count). The molecule has 154 valence electrons. The van der Waals surface area contributed by atoms with Crippen molar-refractivity contribution in [3.8, 4) is 5.75 Å². The summed E-state index contributed by atoms with van der Waals surface area (Å²) < 4.78 is 5.28. The van der Waals surface area contributed by atoms with Crippen LogP contribution in [-0.2, 0) is 19.2 Å². The van der Waals surface area contributed by atoms with E-state index in [-0.39, 0.29) is 18.6 Å². The molecule has 30 heavy (non-hydrogen) atoms. The van der Waals surface area contributed by atoms with Crippen molar-refractivity contribution in [2.45, 2.75) is 12.8 Å². The molecule has 0 unspecified atom stereocenters. The molecule has 0 N–H and O–H groups in total. The quantitative estimate of drug-likeness (QED) is 0.363. The van der Waals surface area contributed by atoms with Crippen molar-refractivity contribution in [2.24, 2.45) is 0 Å². The minimum atomic E-state index is -0.866. The Morgan fingerprint density at radius 3 is 2.27 bits per heavy atom. The number of ether oxygens (including phenoxy) is 1. The molecule has 2 aromatic carbocycles. The van der Waals surface area contributed by atoms with Crippen molar-refractivity contribution >= 4 is 52.8 Å². The maximum Gasteiger partial charge on any atom is 0.370 e. The summed E-state index contributed by atoms with van der Waals surface area (Å²) in [4.78, 5) is 51.4. The molecular formula is C21H15Cl2NO6. The fourth-order valence-electron chi connectivity index (χ4n) is 2.52. The van der Waals surface area contributed by atoms with Gasteiger partial charge in [-0.05, 0) is 42.0 Å². The molecule has 9 heteroatoms. The van der Waals surface area contributed by atoms with Crippen LogP contribution in [-0.4, -0.2) is 35.2 Å². The number of carbonyl (C=O) groups is 4. The molecule has 1 aliphatic rings. The smallest absolute Gasteiger partial charge is 0.370 e. The predicted molar refractivity (Wildman–Crippen MR) is 109 cm³/mol. The second-order valence-corrected chi connectivity index (χ2v) is 7.04. The highest BCUT2D eigenvalue weighted by molar-refractivity contribution is 6.42. The summed E-state index contributed by atoms with van der Waals surface area (Å²) >= 11 is 11.8. The predicted octanol–water partition coefficient (Wildman–Crippen LogP) is 3.88. The number of rotatable bonds is 7. The van der Waals surface area contributed by atoms with Crippen LogP contribution in [0.15, 0.2) is 48.5 Å². The molecule has 0 radical (unpaired) electrons. The molecule has 0 bridgehead atoms. The van der Waals surface area contributed by atoms with E-state index in [1.54, 1.807) is 42.5 Å². The lowest BCUT2D eigenvalue weighted by molar-refractivity contribution is -0.198. The standard InChI is InChI=1S/C21H15Cl2NO6/c22-16-7-4-14(11-17(16)23)18(25)8-3-13-1-5-15(6-2-13)29-12-21(28)30-24-19(26)9-10-20(24)27/h1-8,11H,9-10,12H2/b8-3+. The van der Waals surface area contributed by atoms with Crippen LogP contribution >= 0.6 is 23.2 Å². The van der Waals surface area contributed by atoms with Gasteiger partial charge in [-0.3, -0.25) is 14.4 Å². The molecule has 1 aliphatic heterocycles. The Morgan fingerprint density at radius 2 is 1.63 bits per heavy atom. The van der Waals surface area contributed by atoms with Gasteiger partial charge in [0.25, 0.3) is 11.8 Å². The molecule has 0 aliphatic carbocycles. The number of nitrogens with zero attached hydrogens (tertiary/aromatic N) is 1. The van der Waals surface area contributed by atoms with E-state index >= 15 is 0 Å². The molecule has 1 saturated heterocycles. The third-order valence-electron chi connectivity index (χ3n) is 4.07. The van der Waals surface area contributed by atoms with Crippen molar-refractivity contribution in [1.82, 2.24) is 5.06 Å². The second kappa shape index (κ2) is 9.56. The number of hydrogen-bond donors (Lipinski definition) is 0. The zero-order valence-corrected chi connectivity index (χ0v) is 17.0. The van der Waals surface area contributed by atoms with Crippen LogP contribution in [0.1, 0.15) is 28.8 Å². The first kappa shape index (κ1) is 21.5. The summed E-state index contributed by atoms with van der Waals surface area (Å²) in [5, 5.41) is 1.13. The van der Waals surface area contributed by atoms with Gasteiger partial charge in [0.2, 0.25) is 0 Å². The Hall–Kier alpha value is -3.16. The molecule has 7 nitrogen and oxygen atoms in total. The number of hydroxylamine groups is 2.